The van der Waals surface area contributed by atoms with Crippen molar-refractivity contribution in [3.8, 4) is 11.5 Å². The summed E-state index contributed by atoms with van der Waals surface area (Å²) in [6, 6.07) is 1.28. The molecule has 3 aromatic rings. The SMILES string of the molecule is NC(=O)NCC1CCCN(c2ccnc(-c3cnc4cnc(C(F)F)cn34)n2)C1. The van der Waals surface area contributed by atoms with E-state index in [1.165, 1.54) is 16.8 Å². The van der Waals surface area contributed by atoms with Crippen molar-refractivity contribution in [2.24, 2.45) is 11.7 Å². The smallest absolute Gasteiger partial charge is 0.312 e. The maximum absolute atomic E-state index is 13.0. The van der Waals surface area contributed by atoms with E-state index >= 15 is 0 Å². The number of alkyl halides is 2. The van der Waals surface area contributed by atoms with Gasteiger partial charge < -0.3 is 16.0 Å². The summed E-state index contributed by atoms with van der Waals surface area (Å²) in [6.07, 6.45) is 5.01. The number of piperidine rings is 1. The summed E-state index contributed by atoms with van der Waals surface area (Å²) >= 11 is 0. The first-order valence-electron chi connectivity index (χ1n) is 9.24. The van der Waals surface area contributed by atoms with E-state index in [-0.39, 0.29) is 11.6 Å². The fourth-order valence-electron chi connectivity index (χ4n) is 3.52. The number of anilines is 1. The topological polar surface area (TPSA) is 114 Å². The Morgan fingerprint density at radius 3 is 2.97 bits per heavy atom. The van der Waals surface area contributed by atoms with Gasteiger partial charge in [-0.3, -0.25) is 4.40 Å². The highest BCUT2D eigenvalue weighted by Crippen LogP contribution is 2.25. The Labute approximate surface area is 165 Å². The number of halogens is 2. The molecule has 3 N–H and O–H groups in total. The predicted molar refractivity (Wildman–Crippen MR) is 101 cm³/mol. The highest BCUT2D eigenvalue weighted by Gasteiger charge is 2.22. The second-order valence-corrected chi connectivity index (χ2v) is 6.92. The Hall–Kier alpha value is -3.37. The zero-order chi connectivity index (χ0) is 20.4. The number of nitrogens with two attached hydrogens (primary N) is 1. The number of nitrogens with zero attached hydrogens (tertiary/aromatic N) is 6. The summed E-state index contributed by atoms with van der Waals surface area (Å²) in [5, 5.41) is 2.66. The summed E-state index contributed by atoms with van der Waals surface area (Å²) < 4.78 is 27.6. The summed E-state index contributed by atoms with van der Waals surface area (Å²) in [4.78, 5) is 29.9. The maximum Gasteiger partial charge on any atom is 0.312 e. The molecular weight excluding hydrogens is 382 g/mol. The number of fused-ring (bicyclic) bond motifs is 1. The van der Waals surface area contributed by atoms with Gasteiger partial charge in [0, 0.05) is 32.0 Å². The highest BCUT2D eigenvalue weighted by atomic mass is 19.3. The Bertz CT molecular complexity index is 1020. The summed E-state index contributed by atoms with van der Waals surface area (Å²) in [5.74, 6) is 1.39. The number of amides is 2. The molecule has 0 aliphatic carbocycles. The molecule has 4 heterocycles. The van der Waals surface area contributed by atoms with Crippen molar-refractivity contribution < 1.29 is 13.6 Å². The van der Waals surface area contributed by atoms with Gasteiger partial charge in [-0.15, -0.1) is 0 Å². The second-order valence-electron chi connectivity index (χ2n) is 6.92. The van der Waals surface area contributed by atoms with Gasteiger partial charge in [-0.1, -0.05) is 0 Å². The van der Waals surface area contributed by atoms with Gasteiger partial charge in [0.15, 0.2) is 11.5 Å². The van der Waals surface area contributed by atoms with E-state index in [2.05, 4.69) is 30.2 Å². The molecule has 0 aromatic carbocycles. The zero-order valence-electron chi connectivity index (χ0n) is 15.5. The Morgan fingerprint density at radius 1 is 1.31 bits per heavy atom. The molecule has 11 heteroatoms. The van der Waals surface area contributed by atoms with Crippen LogP contribution in [0.25, 0.3) is 17.2 Å². The van der Waals surface area contributed by atoms with Gasteiger partial charge in [0.1, 0.15) is 17.2 Å². The lowest BCUT2D eigenvalue weighted by Crippen LogP contribution is -2.42. The minimum Gasteiger partial charge on any atom is -0.356 e. The van der Waals surface area contributed by atoms with Gasteiger partial charge in [0.2, 0.25) is 0 Å². The molecule has 2 amide bonds. The Balaban J connectivity index is 1.60. The van der Waals surface area contributed by atoms with E-state index in [0.29, 0.717) is 23.7 Å². The molecule has 0 radical (unpaired) electrons. The van der Waals surface area contributed by atoms with Crippen LogP contribution in [-0.4, -0.2) is 50.0 Å². The fourth-order valence-corrected chi connectivity index (χ4v) is 3.52. The Morgan fingerprint density at radius 2 is 2.17 bits per heavy atom. The second kappa shape index (κ2) is 7.94. The number of aromatic nitrogens is 5. The van der Waals surface area contributed by atoms with Crippen LogP contribution in [-0.2, 0) is 0 Å². The normalized spacial score (nSPS) is 17.1. The number of rotatable bonds is 5. The number of carbonyl (C=O) groups excluding carboxylic acids is 1. The monoisotopic (exact) mass is 402 g/mol. The lowest BCUT2D eigenvalue weighted by Gasteiger charge is -2.33. The summed E-state index contributed by atoms with van der Waals surface area (Å²) in [6.45, 7) is 2.07. The lowest BCUT2D eigenvalue weighted by molar-refractivity contribution is 0.145. The average Bonchev–Trinajstić information content (AvgIpc) is 3.16. The number of carbonyl (C=O) groups is 1. The molecule has 1 saturated heterocycles. The number of hydrogen-bond donors (Lipinski definition) is 2. The molecule has 152 valence electrons. The third-order valence-electron chi connectivity index (χ3n) is 4.92. The quantitative estimate of drug-likeness (QED) is 0.675. The highest BCUT2D eigenvalue weighted by molar-refractivity contribution is 5.71. The minimum absolute atomic E-state index is 0.269. The number of primary amides is 1. The van der Waals surface area contributed by atoms with Gasteiger partial charge >= 0.3 is 6.03 Å². The average molecular weight is 402 g/mol. The van der Waals surface area contributed by atoms with Gasteiger partial charge in [-0.05, 0) is 24.8 Å². The van der Waals surface area contributed by atoms with Gasteiger partial charge in [-0.2, -0.15) is 0 Å². The van der Waals surface area contributed by atoms with Crippen molar-refractivity contribution >= 4 is 17.5 Å². The first-order chi connectivity index (χ1) is 14.0. The number of urea groups is 1. The van der Waals surface area contributed by atoms with E-state index in [4.69, 9.17) is 5.73 Å². The van der Waals surface area contributed by atoms with Crippen LogP contribution in [0.4, 0.5) is 19.4 Å². The molecule has 1 unspecified atom stereocenters. The molecule has 1 atom stereocenters. The Kier molecular flexibility index (Phi) is 5.19. The van der Waals surface area contributed by atoms with Crippen LogP contribution in [0.3, 0.4) is 0 Å². The molecule has 0 saturated carbocycles. The van der Waals surface area contributed by atoms with E-state index < -0.39 is 12.5 Å². The van der Waals surface area contributed by atoms with E-state index in [0.717, 1.165) is 31.7 Å². The summed E-state index contributed by atoms with van der Waals surface area (Å²) in [7, 11) is 0. The standard InChI is InChI=1S/C18H20F2N8O/c19-16(20)12-10-28-13(7-24-15(28)8-23-12)17-22-4-3-14(26-17)27-5-1-2-11(9-27)6-25-18(21)29/h3-4,7-8,10-11,16H,1-2,5-6,9H2,(H3,21,25,29). The number of imidazole rings is 1. The molecular formula is C18H20F2N8O. The largest absolute Gasteiger partial charge is 0.356 e. The van der Waals surface area contributed by atoms with Crippen molar-refractivity contribution in [1.82, 2.24) is 29.7 Å². The molecule has 4 rings (SSSR count). The molecule has 1 aliphatic rings. The minimum atomic E-state index is -2.68. The van der Waals surface area contributed by atoms with Crippen LogP contribution in [0.1, 0.15) is 25.0 Å². The van der Waals surface area contributed by atoms with Crippen molar-refractivity contribution in [1.29, 1.82) is 0 Å². The predicted octanol–water partition coefficient (Wildman–Crippen LogP) is 2.01. The molecule has 0 spiro atoms. The van der Waals surface area contributed by atoms with Crippen molar-refractivity contribution in [3.63, 3.8) is 0 Å². The van der Waals surface area contributed by atoms with Gasteiger partial charge in [0.05, 0.1) is 12.4 Å². The van der Waals surface area contributed by atoms with Crippen LogP contribution < -0.4 is 16.0 Å². The van der Waals surface area contributed by atoms with Gasteiger partial charge in [0.25, 0.3) is 6.43 Å². The molecule has 0 bridgehead atoms. The van der Waals surface area contributed by atoms with Crippen LogP contribution in [0.5, 0.6) is 0 Å². The van der Waals surface area contributed by atoms with E-state index in [9.17, 15) is 13.6 Å². The van der Waals surface area contributed by atoms with Crippen LogP contribution in [0.15, 0.2) is 30.9 Å². The van der Waals surface area contributed by atoms with E-state index in [1.54, 1.807) is 12.4 Å². The first-order valence-corrected chi connectivity index (χ1v) is 9.24. The molecule has 1 fully saturated rings. The first kappa shape index (κ1) is 19.0. The van der Waals surface area contributed by atoms with Crippen LogP contribution >= 0.6 is 0 Å². The fraction of sp³-hybridized carbons (Fsp3) is 0.389. The van der Waals surface area contributed by atoms with E-state index in [1.807, 2.05) is 6.07 Å². The molecule has 1 aliphatic heterocycles. The van der Waals surface area contributed by atoms with Gasteiger partial charge in [-0.25, -0.2) is 33.5 Å². The number of nitrogens with one attached hydrogen (secondary N) is 1. The van der Waals surface area contributed by atoms with Crippen molar-refractivity contribution in [3.05, 3.63) is 36.5 Å². The van der Waals surface area contributed by atoms with Crippen molar-refractivity contribution in [2.45, 2.75) is 19.3 Å². The number of hydrogen-bond acceptors (Lipinski definition) is 6. The lowest BCUT2D eigenvalue weighted by atomic mass is 9.98. The summed E-state index contributed by atoms with van der Waals surface area (Å²) in [5.41, 5.74) is 5.77. The van der Waals surface area contributed by atoms with Crippen LogP contribution in [0.2, 0.25) is 0 Å². The van der Waals surface area contributed by atoms with Crippen molar-refractivity contribution in [2.75, 3.05) is 24.5 Å². The third-order valence-corrected chi connectivity index (χ3v) is 4.92. The third kappa shape index (κ3) is 4.08. The molecule has 29 heavy (non-hydrogen) atoms. The zero-order valence-corrected chi connectivity index (χ0v) is 15.5. The molecule has 3 aromatic heterocycles. The van der Waals surface area contributed by atoms with Crippen LogP contribution in [0, 0.1) is 5.92 Å². The molecule has 9 nitrogen and oxygen atoms in total. The maximum atomic E-state index is 13.0.